The molecule has 3 N–H and O–H groups in total. The molecule has 1 fully saturated rings. The Bertz CT molecular complexity index is 404. The van der Waals surface area contributed by atoms with Crippen LogP contribution in [0.2, 0.25) is 0 Å². The minimum Gasteiger partial charge on any atom is -0.391 e. The number of hydrogen-bond donors (Lipinski definition) is 3. The normalized spacial score (nSPS) is 16.3. The molecule has 6 heteroatoms. The van der Waals surface area contributed by atoms with Gasteiger partial charge in [0.05, 0.1) is 11.1 Å². The van der Waals surface area contributed by atoms with E-state index in [9.17, 15) is 9.90 Å². The molecule has 1 aromatic rings. The van der Waals surface area contributed by atoms with Crippen LogP contribution in [-0.2, 0) is 6.42 Å². The summed E-state index contributed by atoms with van der Waals surface area (Å²) in [5, 5.41) is 16.1. The van der Waals surface area contributed by atoms with E-state index in [1.165, 1.54) is 4.88 Å². The van der Waals surface area contributed by atoms with Crippen molar-refractivity contribution in [1.82, 2.24) is 15.6 Å². The summed E-state index contributed by atoms with van der Waals surface area (Å²) in [6.45, 7) is 2.92. The highest BCUT2D eigenvalue weighted by atomic mass is 32.1. The second-order valence-electron chi connectivity index (χ2n) is 4.66. The largest absolute Gasteiger partial charge is 0.391 e. The lowest BCUT2D eigenvalue weighted by Crippen LogP contribution is -2.41. The molecular weight excluding hydrogens is 250 g/mol. The molecule has 1 saturated carbocycles. The summed E-state index contributed by atoms with van der Waals surface area (Å²) in [4.78, 5) is 16.8. The molecule has 0 aliphatic heterocycles. The van der Waals surface area contributed by atoms with Crippen LogP contribution in [-0.4, -0.2) is 35.3 Å². The molecule has 0 saturated heterocycles. The van der Waals surface area contributed by atoms with Gasteiger partial charge in [-0.05, 0) is 25.7 Å². The van der Waals surface area contributed by atoms with Crippen LogP contribution in [0.1, 0.15) is 22.7 Å². The first-order valence-electron chi connectivity index (χ1n) is 6.26. The number of urea groups is 1. The maximum absolute atomic E-state index is 11.4. The molecule has 1 heterocycles. The molecule has 0 spiro atoms. The highest BCUT2D eigenvalue weighted by Crippen LogP contribution is 2.32. The monoisotopic (exact) mass is 269 g/mol. The Morgan fingerprint density at radius 2 is 2.39 bits per heavy atom. The number of aliphatic hydroxyl groups excluding tert-OH is 1. The van der Waals surface area contributed by atoms with Gasteiger partial charge in [0.1, 0.15) is 0 Å². The van der Waals surface area contributed by atoms with Gasteiger partial charge >= 0.3 is 6.03 Å². The number of nitrogens with zero attached hydrogens (tertiary/aromatic N) is 1. The number of aromatic nitrogens is 1. The van der Waals surface area contributed by atoms with E-state index in [-0.39, 0.29) is 6.03 Å². The third kappa shape index (κ3) is 4.27. The van der Waals surface area contributed by atoms with Crippen molar-refractivity contribution in [2.75, 3.05) is 13.1 Å². The third-order valence-corrected chi connectivity index (χ3v) is 3.90. The highest BCUT2D eigenvalue weighted by Gasteiger charge is 2.29. The third-order valence-electron chi connectivity index (χ3n) is 2.93. The number of aryl methyl sites for hydroxylation is 1. The Morgan fingerprint density at radius 3 is 3.00 bits per heavy atom. The fourth-order valence-corrected chi connectivity index (χ4v) is 2.49. The van der Waals surface area contributed by atoms with Gasteiger partial charge in [-0.15, -0.1) is 11.3 Å². The van der Waals surface area contributed by atoms with E-state index < -0.39 is 6.10 Å². The summed E-state index contributed by atoms with van der Waals surface area (Å²) in [7, 11) is 0. The van der Waals surface area contributed by atoms with E-state index in [1.54, 1.807) is 11.3 Å². The van der Waals surface area contributed by atoms with Gasteiger partial charge in [-0.3, -0.25) is 0 Å². The van der Waals surface area contributed by atoms with Crippen LogP contribution in [0.4, 0.5) is 4.79 Å². The van der Waals surface area contributed by atoms with Gasteiger partial charge in [-0.2, -0.15) is 0 Å². The fourth-order valence-electron chi connectivity index (χ4n) is 1.71. The zero-order valence-electron chi connectivity index (χ0n) is 10.5. The summed E-state index contributed by atoms with van der Waals surface area (Å²) in [5.41, 5.74) is 0. The Balaban J connectivity index is 1.56. The Hall–Kier alpha value is -1.14. The van der Waals surface area contributed by atoms with Gasteiger partial charge in [0.15, 0.2) is 0 Å². The first kappa shape index (κ1) is 13.3. The van der Waals surface area contributed by atoms with Crippen molar-refractivity contribution in [3.63, 3.8) is 0 Å². The number of nitrogens with one attached hydrogen (secondary N) is 2. The van der Waals surface area contributed by atoms with Gasteiger partial charge in [0, 0.05) is 30.6 Å². The number of amides is 2. The van der Waals surface area contributed by atoms with Crippen LogP contribution < -0.4 is 10.6 Å². The number of hydrogen-bond acceptors (Lipinski definition) is 4. The van der Waals surface area contributed by atoms with Crippen molar-refractivity contribution in [2.45, 2.75) is 32.3 Å². The van der Waals surface area contributed by atoms with E-state index in [2.05, 4.69) is 15.6 Å². The number of aliphatic hydroxyl groups is 1. The zero-order chi connectivity index (χ0) is 13.0. The molecule has 0 radical (unpaired) electrons. The standard InChI is InChI=1S/C12H19N3O2S/c1-8-6-14-11(18-8)4-5-13-12(17)15-7-10(16)9-2-3-9/h6,9-10,16H,2-5,7H2,1H3,(H2,13,15,17)/t10-/m1/s1. The van der Waals surface area contributed by atoms with Crippen molar-refractivity contribution in [1.29, 1.82) is 0 Å². The Labute approximate surface area is 111 Å². The van der Waals surface area contributed by atoms with Crippen LogP contribution in [0, 0.1) is 12.8 Å². The van der Waals surface area contributed by atoms with Gasteiger partial charge in [0.2, 0.25) is 0 Å². The first-order chi connectivity index (χ1) is 8.65. The molecule has 100 valence electrons. The summed E-state index contributed by atoms with van der Waals surface area (Å²) in [6.07, 6.45) is 4.35. The Kier molecular flexibility index (Phi) is 4.54. The van der Waals surface area contributed by atoms with Gasteiger partial charge < -0.3 is 15.7 Å². The van der Waals surface area contributed by atoms with E-state index in [4.69, 9.17) is 0 Å². The smallest absolute Gasteiger partial charge is 0.314 e. The second kappa shape index (κ2) is 6.15. The topological polar surface area (TPSA) is 74.2 Å². The van der Waals surface area contributed by atoms with Crippen molar-refractivity contribution < 1.29 is 9.90 Å². The number of carbonyl (C=O) groups is 1. The summed E-state index contributed by atoms with van der Waals surface area (Å²) in [5.74, 6) is 0.392. The molecule has 0 aromatic carbocycles. The predicted octanol–water partition coefficient (Wildman–Crippen LogP) is 1.06. The lowest BCUT2D eigenvalue weighted by Gasteiger charge is -2.11. The molecule has 1 aromatic heterocycles. The molecule has 2 rings (SSSR count). The molecule has 0 bridgehead atoms. The lowest BCUT2D eigenvalue weighted by molar-refractivity contribution is 0.149. The van der Waals surface area contributed by atoms with E-state index in [1.807, 2.05) is 13.1 Å². The number of rotatable bonds is 6. The summed E-state index contributed by atoms with van der Waals surface area (Å²) in [6, 6.07) is -0.219. The predicted molar refractivity (Wildman–Crippen MR) is 70.7 cm³/mol. The SMILES string of the molecule is Cc1cnc(CCNC(=O)NC[C@@H](O)C2CC2)s1. The molecule has 2 amide bonds. The van der Waals surface area contributed by atoms with Crippen LogP contribution in [0.15, 0.2) is 6.20 Å². The minimum absolute atomic E-state index is 0.219. The average molecular weight is 269 g/mol. The summed E-state index contributed by atoms with van der Waals surface area (Å²) >= 11 is 1.65. The molecule has 5 nitrogen and oxygen atoms in total. The number of carbonyl (C=O) groups excluding carboxylic acids is 1. The van der Waals surface area contributed by atoms with E-state index >= 15 is 0 Å². The second-order valence-corrected chi connectivity index (χ2v) is 5.98. The minimum atomic E-state index is -0.391. The van der Waals surface area contributed by atoms with Crippen LogP contribution in [0.3, 0.4) is 0 Å². The Morgan fingerprint density at radius 1 is 1.61 bits per heavy atom. The molecular formula is C12H19N3O2S. The van der Waals surface area contributed by atoms with Gasteiger partial charge in [-0.25, -0.2) is 9.78 Å². The fraction of sp³-hybridized carbons (Fsp3) is 0.667. The molecule has 1 aliphatic carbocycles. The van der Waals surface area contributed by atoms with Crippen molar-refractivity contribution in [3.05, 3.63) is 16.1 Å². The van der Waals surface area contributed by atoms with E-state index in [0.717, 1.165) is 24.3 Å². The maximum Gasteiger partial charge on any atom is 0.314 e. The van der Waals surface area contributed by atoms with Crippen LogP contribution >= 0.6 is 11.3 Å². The quantitative estimate of drug-likeness (QED) is 0.723. The highest BCUT2D eigenvalue weighted by molar-refractivity contribution is 7.11. The van der Waals surface area contributed by atoms with E-state index in [0.29, 0.717) is 19.0 Å². The first-order valence-corrected chi connectivity index (χ1v) is 7.08. The zero-order valence-corrected chi connectivity index (χ0v) is 11.3. The average Bonchev–Trinajstić information content (AvgIpc) is 3.11. The molecule has 0 unspecified atom stereocenters. The van der Waals surface area contributed by atoms with Crippen molar-refractivity contribution >= 4 is 17.4 Å². The molecule has 1 atom stereocenters. The van der Waals surface area contributed by atoms with Crippen molar-refractivity contribution in [3.8, 4) is 0 Å². The maximum atomic E-state index is 11.4. The summed E-state index contributed by atoms with van der Waals surface area (Å²) < 4.78 is 0. The lowest BCUT2D eigenvalue weighted by atomic mass is 10.2. The molecule has 18 heavy (non-hydrogen) atoms. The van der Waals surface area contributed by atoms with Crippen LogP contribution in [0.5, 0.6) is 0 Å². The van der Waals surface area contributed by atoms with Crippen molar-refractivity contribution in [2.24, 2.45) is 5.92 Å². The van der Waals surface area contributed by atoms with Crippen LogP contribution in [0.25, 0.3) is 0 Å². The van der Waals surface area contributed by atoms with Gasteiger partial charge in [0.25, 0.3) is 0 Å². The number of thiazole rings is 1. The molecule has 1 aliphatic rings. The van der Waals surface area contributed by atoms with Gasteiger partial charge in [-0.1, -0.05) is 0 Å².